The van der Waals surface area contributed by atoms with Gasteiger partial charge in [-0.1, -0.05) is 0 Å². The van der Waals surface area contributed by atoms with E-state index in [4.69, 9.17) is 5.11 Å². The van der Waals surface area contributed by atoms with Gasteiger partial charge in [0.1, 0.15) is 16.5 Å². The van der Waals surface area contributed by atoms with Gasteiger partial charge in [0.25, 0.3) is 0 Å². The molecule has 1 aliphatic rings. The van der Waals surface area contributed by atoms with Crippen molar-refractivity contribution in [3.63, 3.8) is 0 Å². The monoisotopic (exact) mass is 291 g/mol. The molecule has 0 amide bonds. The summed E-state index contributed by atoms with van der Waals surface area (Å²) >= 11 is 1.77. The fourth-order valence-electron chi connectivity index (χ4n) is 2.68. The fraction of sp³-hybridized carbons (Fsp3) is 0.500. The number of aromatic nitrogens is 2. The van der Waals surface area contributed by atoms with Gasteiger partial charge >= 0.3 is 5.97 Å². The molecule has 0 radical (unpaired) electrons. The molecule has 0 fully saturated rings. The van der Waals surface area contributed by atoms with Crippen molar-refractivity contribution in [2.24, 2.45) is 0 Å². The van der Waals surface area contributed by atoms with Crippen LogP contribution in [0.15, 0.2) is 0 Å². The number of carbonyl (C=O) groups is 1. The van der Waals surface area contributed by atoms with Crippen molar-refractivity contribution in [2.75, 3.05) is 11.9 Å². The van der Waals surface area contributed by atoms with Crippen LogP contribution < -0.4 is 5.32 Å². The Balaban J connectivity index is 1.87. The Kier molecular flexibility index (Phi) is 3.56. The summed E-state index contributed by atoms with van der Waals surface area (Å²) in [7, 11) is 0. The van der Waals surface area contributed by atoms with E-state index in [9.17, 15) is 4.79 Å². The van der Waals surface area contributed by atoms with Gasteiger partial charge in [-0.15, -0.1) is 11.3 Å². The van der Waals surface area contributed by atoms with Crippen LogP contribution >= 0.6 is 11.3 Å². The third-order valence-electron chi connectivity index (χ3n) is 3.54. The number of aryl methyl sites for hydroxylation is 3. The number of carboxylic acid groups (broad SMARTS) is 1. The number of rotatable bonds is 5. The minimum absolute atomic E-state index is 0.182. The van der Waals surface area contributed by atoms with Gasteiger partial charge in [0.15, 0.2) is 0 Å². The summed E-state index contributed by atoms with van der Waals surface area (Å²) in [5.41, 5.74) is 1.39. The normalized spacial score (nSPS) is 13.7. The number of fused-ring (bicyclic) bond motifs is 3. The van der Waals surface area contributed by atoms with Crippen LogP contribution in [-0.2, 0) is 17.6 Å². The van der Waals surface area contributed by atoms with Crippen LogP contribution in [0.2, 0.25) is 0 Å². The summed E-state index contributed by atoms with van der Waals surface area (Å²) in [4.78, 5) is 22.1. The molecule has 0 spiro atoms. The highest BCUT2D eigenvalue weighted by molar-refractivity contribution is 7.19. The number of anilines is 1. The lowest BCUT2D eigenvalue weighted by Crippen LogP contribution is -2.07. The molecule has 5 nitrogen and oxygen atoms in total. The van der Waals surface area contributed by atoms with Crippen LogP contribution in [0.3, 0.4) is 0 Å². The van der Waals surface area contributed by atoms with Gasteiger partial charge < -0.3 is 10.4 Å². The summed E-state index contributed by atoms with van der Waals surface area (Å²) in [5, 5.41) is 13.1. The first kappa shape index (κ1) is 13.3. The van der Waals surface area contributed by atoms with Gasteiger partial charge in [-0.05, 0) is 38.2 Å². The van der Waals surface area contributed by atoms with E-state index in [0.29, 0.717) is 13.0 Å². The molecule has 2 heterocycles. The molecule has 0 saturated carbocycles. The van der Waals surface area contributed by atoms with Crippen LogP contribution in [0.5, 0.6) is 0 Å². The second-order valence-corrected chi connectivity index (χ2v) is 6.16. The average molecular weight is 291 g/mol. The first-order valence-electron chi connectivity index (χ1n) is 6.89. The Hall–Kier alpha value is -1.69. The zero-order valence-electron chi connectivity index (χ0n) is 11.4. The molecule has 3 rings (SSSR count). The fourth-order valence-corrected chi connectivity index (χ4v) is 3.98. The molecule has 0 aliphatic heterocycles. The molecule has 0 bridgehead atoms. The van der Waals surface area contributed by atoms with E-state index >= 15 is 0 Å². The van der Waals surface area contributed by atoms with E-state index in [0.717, 1.165) is 34.7 Å². The van der Waals surface area contributed by atoms with Gasteiger partial charge in [-0.2, -0.15) is 0 Å². The minimum atomic E-state index is -0.757. The highest BCUT2D eigenvalue weighted by atomic mass is 32.1. The van der Waals surface area contributed by atoms with Crippen LogP contribution in [0, 0.1) is 6.92 Å². The van der Waals surface area contributed by atoms with Gasteiger partial charge in [0.2, 0.25) is 0 Å². The van der Waals surface area contributed by atoms with E-state index in [-0.39, 0.29) is 6.42 Å². The summed E-state index contributed by atoms with van der Waals surface area (Å²) in [6.45, 7) is 2.52. The van der Waals surface area contributed by atoms with E-state index in [1.807, 2.05) is 6.92 Å². The third kappa shape index (κ3) is 2.47. The maximum absolute atomic E-state index is 10.5. The molecule has 2 aromatic heterocycles. The second-order valence-electron chi connectivity index (χ2n) is 5.08. The Labute approximate surface area is 121 Å². The SMILES string of the molecule is Cc1nc(NCCCC(=O)O)c2c3c(sc2n1)CCC3. The van der Waals surface area contributed by atoms with Crippen molar-refractivity contribution in [1.82, 2.24) is 9.97 Å². The average Bonchev–Trinajstić information content (AvgIpc) is 2.93. The zero-order chi connectivity index (χ0) is 14.1. The predicted molar refractivity (Wildman–Crippen MR) is 79.5 cm³/mol. The summed E-state index contributed by atoms with van der Waals surface area (Å²) < 4.78 is 0. The number of nitrogens with one attached hydrogen (secondary N) is 1. The van der Waals surface area contributed by atoms with E-state index in [1.165, 1.54) is 16.9 Å². The lowest BCUT2D eigenvalue weighted by atomic mass is 10.2. The van der Waals surface area contributed by atoms with Crippen LogP contribution in [0.25, 0.3) is 10.2 Å². The molecular weight excluding hydrogens is 274 g/mol. The summed E-state index contributed by atoms with van der Waals surface area (Å²) in [6.07, 6.45) is 4.25. The molecule has 2 N–H and O–H groups in total. The van der Waals surface area contributed by atoms with Crippen molar-refractivity contribution in [2.45, 2.75) is 39.0 Å². The van der Waals surface area contributed by atoms with Crippen LogP contribution in [0.1, 0.15) is 35.5 Å². The van der Waals surface area contributed by atoms with E-state index < -0.39 is 5.97 Å². The Bertz CT molecular complexity index is 666. The van der Waals surface area contributed by atoms with Crippen LogP contribution in [0.4, 0.5) is 5.82 Å². The number of hydrogen-bond acceptors (Lipinski definition) is 5. The van der Waals surface area contributed by atoms with Gasteiger partial charge in [0.05, 0.1) is 5.39 Å². The van der Waals surface area contributed by atoms with Crippen molar-refractivity contribution in [1.29, 1.82) is 0 Å². The number of hydrogen-bond donors (Lipinski definition) is 2. The van der Waals surface area contributed by atoms with E-state index in [2.05, 4.69) is 15.3 Å². The number of carboxylic acids is 1. The van der Waals surface area contributed by atoms with E-state index in [1.54, 1.807) is 11.3 Å². The largest absolute Gasteiger partial charge is 0.481 e. The number of aliphatic carboxylic acids is 1. The Morgan fingerprint density at radius 3 is 3.05 bits per heavy atom. The number of thiophene rings is 1. The first-order chi connectivity index (χ1) is 9.65. The molecule has 0 atom stereocenters. The van der Waals surface area contributed by atoms with Crippen LogP contribution in [-0.4, -0.2) is 27.6 Å². The highest BCUT2D eigenvalue weighted by Gasteiger charge is 2.21. The van der Waals surface area contributed by atoms with Gasteiger partial charge in [0, 0.05) is 17.8 Å². The minimum Gasteiger partial charge on any atom is -0.481 e. The molecular formula is C14H17N3O2S. The molecule has 106 valence electrons. The predicted octanol–water partition coefficient (Wildman–Crippen LogP) is 2.77. The van der Waals surface area contributed by atoms with Gasteiger partial charge in [-0.25, -0.2) is 9.97 Å². The third-order valence-corrected chi connectivity index (χ3v) is 4.72. The smallest absolute Gasteiger partial charge is 0.303 e. The molecule has 2 aromatic rings. The maximum atomic E-state index is 10.5. The van der Waals surface area contributed by atoms with Crippen molar-refractivity contribution < 1.29 is 9.90 Å². The number of nitrogens with zero attached hydrogens (tertiary/aromatic N) is 2. The standard InChI is InChI=1S/C14H17N3O2S/c1-8-16-13(15-7-3-6-11(18)19)12-9-4-2-5-10(9)20-14(12)17-8/h2-7H2,1H3,(H,18,19)(H,15,16,17). The lowest BCUT2D eigenvalue weighted by molar-refractivity contribution is -0.137. The quantitative estimate of drug-likeness (QED) is 0.828. The van der Waals surface area contributed by atoms with Gasteiger partial charge in [-0.3, -0.25) is 4.79 Å². The topological polar surface area (TPSA) is 75.1 Å². The molecule has 0 aromatic carbocycles. The first-order valence-corrected chi connectivity index (χ1v) is 7.71. The van der Waals surface area contributed by atoms with Crippen molar-refractivity contribution in [3.05, 3.63) is 16.3 Å². The second kappa shape index (κ2) is 5.36. The zero-order valence-corrected chi connectivity index (χ0v) is 12.2. The summed E-state index contributed by atoms with van der Waals surface area (Å²) in [5.74, 6) is 0.877. The highest BCUT2D eigenvalue weighted by Crippen LogP contribution is 2.39. The molecule has 20 heavy (non-hydrogen) atoms. The molecule has 6 heteroatoms. The molecule has 0 saturated heterocycles. The molecule has 1 aliphatic carbocycles. The lowest BCUT2D eigenvalue weighted by Gasteiger charge is -2.08. The van der Waals surface area contributed by atoms with Crippen molar-refractivity contribution >= 4 is 33.3 Å². The molecule has 0 unspecified atom stereocenters. The maximum Gasteiger partial charge on any atom is 0.303 e. The Morgan fingerprint density at radius 2 is 2.25 bits per heavy atom. The summed E-state index contributed by atoms with van der Waals surface area (Å²) in [6, 6.07) is 0. The Morgan fingerprint density at radius 1 is 1.40 bits per heavy atom. The van der Waals surface area contributed by atoms with Crippen molar-refractivity contribution in [3.8, 4) is 0 Å².